The molecule has 2 nitrogen and oxygen atoms in total. The number of nitrogens with two attached hydrogens (primary N) is 1. The lowest BCUT2D eigenvalue weighted by Crippen LogP contribution is -2.47. The quantitative estimate of drug-likeness (QED) is 0.816. The number of hydrogen-bond acceptors (Lipinski definition) is 2. The molecule has 0 aromatic heterocycles. The van der Waals surface area contributed by atoms with Gasteiger partial charge in [0.2, 0.25) is 0 Å². The molecular formula is C12H17F2NO. The van der Waals surface area contributed by atoms with Gasteiger partial charge in [0.05, 0.1) is 0 Å². The van der Waals surface area contributed by atoms with E-state index < -0.39 is 22.7 Å². The zero-order valence-electron chi connectivity index (χ0n) is 9.72. The van der Waals surface area contributed by atoms with Crippen LogP contribution in [0.5, 0.6) is 0 Å². The molecule has 3 N–H and O–H groups in total. The van der Waals surface area contributed by atoms with E-state index in [4.69, 9.17) is 5.73 Å². The van der Waals surface area contributed by atoms with Crippen molar-refractivity contribution in [2.75, 3.05) is 6.54 Å². The van der Waals surface area contributed by atoms with Gasteiger partial charge in [-0.05, 0) is 11.5 Å². The Balaban J connectivity index is 3.40. The Labute approximate surface area is 94.1 Å². The third-order valence-corrected chi connectivity index (χ3v) is 2.93. The van der Waals surface area contributed by atoms with Gasteiger partial charge >= 0.3 is 0 Å². The Morgan fingerprint density at radius 1 is 1.25 bits per heavy atom. The van der Waals surface area contributed by atoms with Gasteiger partial charge in [-0.3, -0.25) is 0 Å². The minimum absolute atomic E-state index is 0.0949. The van der Waals surface area contributed by atoms with Crippen molar-refractivity contribution in [1.82, 2.24) is 0 Å². The molecule has 0 fully saturated rings. The second-order valence-corrected chi connectivity index (χ2v) is 4.92. The van der Waals surface area contributed by atoms with Crippen LogP contribution in [0.2, 0.25) is 0 Å². The maximum Gasteiger partial charge on any atom is 0.164 e. The number of aliphatic hydroxyl groups is 1. The fourth-order valence-electron chi connectivity index (χ4n) is 1.64. The van der Waals surface area contributed by atoms with E-state index in [0.29, 0.717) is 0 Å². The van der Waals surface area contributed by atoms with Crippen LogP contribution < -0.4 is 5.73 Å². The summed E-state index contributed by atoms with van der Waals surface area (Å²) in [5.74, 6) is -2.01. The van der Waals surface area contributed by atoms with Gasteiger partial charge in [0.25, 0.3) is 0 Å². The summed E-state index contributed by atoms with van der Waals surface area (Å²) in [5, 5.41) is 10.4. The summed E-state index contributed by atoms with van der Waals surface area (Å²) in [6.45, 7) is 5.01. The van der Waals surface area contributed by atoms with Gasteiger partial charge in [0.1, 0.15) is 5.60 Å². The molecule has 0 aliphatic heterocycles. The summed E-state index contributed by atoms with van der Waals surface area (Å²) in [7, 11) is 0. The highest BCUT2D eigenvalue weighted by molar-refractivity contribution is 5.27. The van der Waals surface area contributed by atoms with Gasteiger partial charge < -0.3 is 10.8 Å². The van der Waals surface area contributed by atoms with E-state index in [0.717, 1.165) is 6.07 Å². The molecule has 0 heterocycles. The summed E-state index contributed by atoms with van der Waals surface area (Å²) >= 11 is 0. The Morgan fingerprint density at radius 3 is 2.25 bits per heavy atom. The molecule has 0 aliphatic rings. The zero-order chi connectivity index (χ0) is 12.6. The minimum atomic E-state index is -1.58. The van der Waals surface area contributed by atoms with Crippen molar-refractivity contribution in [2.24, 2.45) is 11.1 Å². The van der Waals surface area contributed by atoms with Crippen molar-refractivity contribution in [1.29, 1.82) is 0 Å². The Hall–Kier alpha value is -1.00. The van der Waals surface area contributed by atoms with E-state index >= 15 is 0 Å². The van der Waals surface area contributed by atoms with Crippen molar-refractivity contribution >= 4 is 0 Å². The molecule has 1 atom stereocenters. The average Bonchev–Trinajstić information content (AvgIpc) is 2.19. The molecule has 0 saturated heterocycles. The normalized spacial score (nSPS) is 15.9. The first-order valence-corrected chi connectivity index (χ1v) is 5.11. The fraction of sp³-hybridized carbons (Fsp3) is 0.500. The summed E-state index contributed by atoms with van der Waals surface area (Å²) in [6.07, 6.45) is 0. The Morgan fingerprint density at radius 2 is 1.81 bits per heavy atom. The number of halogens is 2. The third kappa shape index (κ3) is 1.95. The lowest BCUT2D eigenvalue weighted by molar-refractivity contribution is -0.0587. The molecule has 1 aromatic rings. The van der Waals surface area contributed by atoms with E-state index in [1.807, 2.05) is 0 Å². The SMILES string of the molecule is CC(C)(C)C(O)(CN)c1cccc(F)c1F. The third-order valence-electron chi connectivity index (χ3n) is 2.93. The van der Waals surface area contributed by atoms with Crippen LogP contribution in [0.4, 0.5) is 8.78 Å². The minimum Gasteiger partial charge on any atom is -0.383 e. The highest BCUT2D eigenvalue weighted by atomic mass is 19.2. The van der Waals surface area contributed by atoms with Crippen LogP contribution in [0.25, 0.3) is 0 Å². The van der Waals surface area contributed by atoms with E-state index in [2.05, 4.69) is 0 Å². The van der Waals surface area contributed by atoms with Crippen molar-refractivity contribution in [2.45, 2.75) is 26.4 Å². The number of rotatable bonds is 2. The van der Waals surface area contributed by atoms with Gasteiger partial charge in [-0.15, -0.1) is 0 Å². The van der Waals surface area contributed by atoms with Crippen LogP contribution in [0.1, 0.15) is 26.3 Å². The molecular weight excluding hydrogens is 212 g/mol. The molecule has 0 aliphatic carbocycles. The molecule has 1 rings (SSSR count). The lowest BCUT2D eigenvalue weighted by atomic mass is 9.72. The molecule has 90 valence electrons. The van der Waals surface area contributed by atoms with Crippen LogP contribution in [0.3, 0.4) is 0 Å². The van der Waals surface area contributed by atoms with E-state index in [1.54, 1.807) is 20.8 Å². The zero-order valence-corrected chi connectivity index (χ0v) is 9.72. The fourth-order valence-corrected chi connectivity index (χ4v) is 1.64. The van der Waals surface area contributed by atoms with Gasteiger partial charge in [-0.2, -0.15) is 0 Å². The average molecular weight is 229 g/mol. The van der Waals surface area contributed by atoms with Crippen LogP contribution in [0.15, 0.2) is 18.2 Å². The Kier molecular flexibility index (Phi) is 3.35. The molecule has 16 heavy (non-hydrogen) atoms. The van der Waals surface area contributed by atoms with Crippen molar-refractivity contribution in [3.8, 4) is 0 Å². The second-order valence-electron chi connectivity index (χ2n) is 4.92. The van der Waals surface area contributed by atoms with E-state index in [1.165, 1.54) is 12.1 Å². The predicted molar refractivity (Wildman–Crippen MR) is 58.8 cm³/mol. The first-order valence-electron chi connectivity index (χ1n) is 5.11. The first-order chi connectivity index (χ1) is 7.24. The van der Waals surface area contributed by atoms with E-state index in [-0.39, 0.29) is 12.1 Å². The van der Waals surface area contributed by atoms with Gasteiger partial charge in [0, 0.05) is 12.1 Å². The largest absolute Gasteiger partial charge is 0.383 e. The molecule has 0 radical (unpaired) electrons. The first kappa shape index (κ1) is 13.1. The maximum absolute atomic E-state index is 13.6. The highest BCUT2D eigenvalue weighted by Gasteiger charge is 2.42. The van der Waals surface area contributed by atoms with Gasteiger partial charge in [0.15, 0.2) is 11.6 Å². The molecule has 1 unspecified atom stereocenters. The standard InChI is InChI=1S/C12H17F2NO/c1-11(2,3)12(16,7-15)8-5-4-6-9(13)10(8)14/h4-6,16H,7,15H2,1-3H3. The lowest BCUT2D eigenvalue weighted by Gasteiger charge is -2.40. The highest BCUT2D eigenvalue weighted by Crippen LogP contribution is 2.39. The second kappa shape index (κ2) is 4.11. The predicted octanol–water partition coefficient (Wildman–Crippen LogP) is 2.16. The summed E-state index contributed by atoms with van der Waals surface area (Å²) < 4.78 is 26.7. The summed E-state index contributed by atoms with van der Waals surface area (Å²) in [4.78, 5) is 0. The van der Waals surface area contributed by atoms with Gasteiger partial charge in [-0.25, -0.2) is 8.78 Å². The molecule has 1 aromatic carbocycles. The molecule has 4 heteroatoms. The van der Waals surface area contributed by atoms with Gasteiger partial charge in [-0.1, -0.05) is 32.9 Å². The van der Waals surface area contributed by atoms with Crippen molar-refractivity contribution in [3.63, 3.8) is 0 Å². The summed E-state index contributed by atoms with van der Waals surface area (Å²) in [6, 6.07) is 3.73. The molecule has 0 amide bonds. The molecule has 0 bridgehead atoms. The Bertz CT molecular complexity index is 387. The van der Waals surface area contributed by atoms with Crippen LogP contribution in [0, 0.1) is 17.0 Å². The maximum atomic E-state index is 13.6. The van der Waals surface area contributed by atoms with Crippen LogP contribution >= 0.6 is 0 Å². The van der Waals surface area contributed by atoms with Crippen LogP contribution in [-0.2, 0) is 5.60 Å². The molecule has 0 spiro atoms. The monoisotopic (exact) mass is 229 g/mol. The van der Waals surface area contributed by atoms with Crippen molar-refractivity contribution < 1.29 is 13.9 Å². The smallest absolute Gasteiger partial charge is 0.164 e. The van der Waals surface area contributed by atoms with Crippen molar-refractivity contribution in [3.05, 3.63) is 35.4 Å². The van der Waals surface area contributed by atoms with Crippen LogP contribution in [-0.4, -0.2) is 11.7 Å². The number of benzene rings is 1. The topological polar surface area (TPSA) is 46.2 Å². The molecule has 0 saturated carbocycles. The number of hydrogen-bond donors (Lipinski definition) is 2. The summed E-state index contributed by atoms with van der Waals surface area (Å²) in [5.41, 5.74) is 3.14. The van der Waals surface area contributed by atoms with E-state index in [9.17, 15) is 13.9 Å².